The van der Waals surface area contributed by atoms with E-state index in [9.17, 15) is 0 Å². The zero-order chi connectivity index (χ0) is 23.4. The van der Waals surface area contributed by atoms with Crippen LogP contribution in [-0.4, -0.2) is 60.3 Å². The van der Waals surface area contributed by atoms with Crippen molar-refractivity contribution in [3.63, 3.8) is 0 Å². The van der Waals surface area contributed by atoms with Crippen LogP contribution in [0.5, 0.6) is 0 Å². The quantitative estimate of drug-likeness (QED) is 0.493. The topological polar surface area (TPSA) is 147 Å². The first-order valence-corrected chi connectivity index (χ1v) is 13.9. The Morgan fingerprint density at radius 3 is 1.62 bits per heavy atom. The fourth-order valence-corrected chi connectivity index (χ4v) is 8.02. The van der Waals surface area contributed by atoms with E-state index in [4.69, 9.17) is 42.4 Å². The van der Waals surface area contributed by atoms with E-state index in [-0.39, 0.29) is 36.4 Å². The lowest BCUT2D eigenvalue weighted by atomic mass is 9.70. The summed E-state index contributed by atoms with van der Waals surface area (Å²) in [6, 6.07) is 1.32. The Hall–Kier alpha value is -1.22. The molecule has 0 aromatic carbocycles. The number of hydrogen-bond acceptors (Lipinski definition) is 8. The molecule has 0 aromatic heterocycles. The number of rotatable bonds is 3. The zero-order valence-corrected chi connectivity index (χ0v) is 20.4. The molecule has 8 nitrogen and oxygen atoms in total. The maximum Gasteiger partial charge on any atom is 0.187 e. The largest absolute Gasteiger partial charge is 0.475 e. The Kier molecular flexibility index (Phi) is 6.37. The van der Waals surface area contributed by atoms with Crippen LogP contribution in [0.4, 0.5) is 0 Å². The molecule has 2 aliphatic heterocycles. The molecule has 0 aromatic rings. The number of ether oxygens (including phenoxy) is 2. The van der Waals surface area contributed by atoms with E-state index < -0.39 is 0 Å². The van der Waals surface area contributed by atoms with Gasteiger partial charge in [-0.2, -0.15) is 0 Å². The summed E-state index contributed by atoms with van der Waals surface area (Å²) in [5.41, 5.74) is 25.0. The summed E-state index contributed by atoms with van der Waals surface area (Å²) in [5.74, 6) is 3.92. The highest BCUT2D eigenvalue weighted by Crippen LogP contribution is 2.45. The van der Waals surface area contributed by atoms with E-state index in [1.165, 1.54) is 12.8 Å². The number of fused-ring (bicyclic) bond motifs is 2. The Bertz CT molecular complexity index is 799. The van der Waals surface area contributed by atoms with E-state index in [0.717, 1.165) is 76.0 Å². The summed E-state index contributed by atoms with van der Waals surface area (Å²) in [6.45, 7) is 0. The van der Waals surface area contributed by atoms with Gasteiger partial charge in [-0.05, 0) is 88.9 Å². The van der Waals surface area contributed by atoms with E-state index in [1.807, 2.05) is 0 Å². The third-order valence-electron chi connectivity index (χ3n) is 9.65. The molecule has 0 amide bonds. The van der Waals surface area contributed by atoms with Crippen molar-refractivity contribution in [1.82, 2.24) is 0 Å². The minimum atomic E-state index is 0.171. The van der Waals surface area contributed by atoms with E-state index >= 15 is 0 Å². The fraction of sp³-hybridized carbons (Fsp3) is 0.923. The van der Waals surface area contributed by atoms with E-state index in [2.05, 4.69) is 0 Å². The van der Waals surface area contributed by atoms with Crippen molar-refractivity contribution in [3.8, 4) is 0 Å². The van der Waals surface area contributed by atoms with Crippen molar-refractivity contribution >= 4 is 11.8 Å². The molecule has 4 aliphatic carbocycles. The van der Waals surface area contributed by atoms with Crippen LogP contribution in [0, 0.1) is 23.7 Å². The Balaban J connectivity index is 1.05. The lowest BCUT2D eigenvalue weighted by Crippen LogP contribution is -2.42. The molecule has 6 aliphatic rings. The molecule has 34 heavy (non-hydrogen) atoms. The second kappa shape index (κ2) is 9.34. The van der Waals surface area contributed by atoms with Gasteiger partial charge in [0, 0.05) is 36.0 Å². The molecule has 0 radical (unpaired) electrons. The van der Waals surface area contributed by atoms with Crippen molar-refractivity contribution in [2.24, 2.45) is 56.6 Å². The molecule has 0 bridgehead atoms. The summed E-state index contributed by atoms with van der Waals surface area (Å²) >= 11 is 0. The smallest absolute Gasteiger partial charge is 0.187 e. The van der Waals surface area contributed by atoms with Gasteiger partial charge in [0.05, 0.1) is 12.1 Å². The average molecular weight is 473 g/mol. The molecule has 10 unspecified atom stereocenters. The second-order valence-electron chi connectivity index (χ2n) is 12.4. The molecule has 6 rings (SSSR count). The lowest BCUT2D eigenvalue weighted by molar-refractivity contribution is 0.0525. The Morgan fingerprint density at radius 2 is 1.00 bits per heavy atom. The molecule has 4 fully saturated rings. The van der Waals surface area contributed by atoms with Crippen LogP contribution in [0.15, 0.2) is 9.98 Å². The molecule has 10 atom stereocenters. The van der Waals surface area contributed by atoms with E-state index in [1.54, 1.807) is 0 Å². The number of aliphatic imine (C=N–C) groups is 2. The van der Waals surface area contributed by atoms with Gasteiger partial charge in [-0.25, -0.2) is 9.98 Å². The minimum absolute atomic E-state index is 0.171. The maximum absolute atomic E-state index is 6.49. The molecular formula is C26H44N6O2. The molecule has 0 spiro atoms. The maximum atomic E-state index is 6.49. The van der Waals surface area contributed by atoms with Gasteiger partial charge in [0.15, 0.2) is 11.8 Å². The van der Waals surface area contributed by atoms with Gasteiger partial charge in [0.2, 0.25) is 0 Å². The number of nitrogens with two attached hydrogens (primary N) is 4. The molecular weight excluding hydrogens is 428 g/mol. The normalized spacial score (nSPS) is 50.9. The standard InChI is InChI=1S/C26H44N6O2/c27-17-5-15(6-18(28)11-17)25-31-21-3-1-14(10-24(21)34-25)13-2-4-23-22(9-13)32-26(33-23)16-7-19(29)12-20(30)8-16/h13-24H,1-12,27-30H2. The van der Waals surface area contributed by atoms with Crippen LogP contribution >= 0.6 is 0 Å². The average Bonchev–Trinajstić information content (AvgIpc) is 3.41. The highest BCUT2D eigenvalue weighted by molar-refractivity contribution is 5.81. The van der Waals surface area contributed by atoms with Crippen molar-refractivity contribution < 1.29 is 9.47 Å². The first kappa shape index (κ1) is 23.2. The van der Waals surface area contributed by atoms with Crippen molar-refractivity contribution in [2.45, 2.75) is 126 Å². The van der Waals surface area contributed by atoms with E-state index in [0.29, 0.717) is 35.8 Å². The second-order valence-corrected chi connectivity index (χ2v) is 12.4. The summed E-state index contributed by atoms with van der Waals surface area (Å²) in [5, 5.41) is 0. The van der Waals surface area contributed by atoms with Crippen LogP contribution in [0.25, 0.3) is 0 Å². The lowest BCUT2D eigenvalue weighted by Gasteiger charge is -2.39. The van der Waals surface area contributed by atoms with Gasteiger partial charge >= 0.3 is 0 Å². The van der Waals surface area contributed by atoms with Crippen molar-refractivity contribution in [3.05, 3.63) is 0 Å². The summed E-state index contributed by atoms with van der Waals surface area (Å²) in [6.07, 6.45) is 13.1. The summed E-state index contributed by atoms with van der Waals surface area (Å²) in [7, 11) is 0. The third kappa shape index (κ3) is 4.63. The number of hydrogen-bond donors (Lipinski definition) is 4. The fourth-order valence-electron chi connectivity index (χ4n) is 8.02. The van der Waals surface area contributed by atoms with Crippen LogP contribution in [0.1, 0.15) is 77.0 Å². The molecule has 8 N–H and O–H groups in total. The monoisotopic (exact) mass is 472 g/mol. The first-order chi connectivity index (χ1) is 16.4. The zero-order valence-electron chi connectivity index (χ0n) is 20.4. The SMILES string of the molecule is NC1CC(N)CC(C2=NC3CC(C4CCC5N=C(C6CC(N)CC(N)C6)OC5C4)CCC3O2)C1. The Labute approximate surface area is 203 Å². The van der Waals surface area contributed by atoms with Gasteiger partial charge in [0.1, 0.15) is 12.2 Å². The summed E-state index contributed by atoms with van der Waals surface area (Å²) in [4.78, 5) is 10.1. The number of nitrogens with zero attached hydrogens (tertiary/aromatic N) is 2. The predicted molar refractivity (Wildman–Crippen MR) is 133 cm³/mol. The van der Waals surface area contributed by atoms with Gasteiger partial charge in [-0.3, -0.25) is 0 Å². The predicted octanol–water partition coefficient (Wildman–Crippen LogP) is 1.83. The highest BCUT2D eigenvalue weighted by Gasteiger charge is 2.46. The third-order valence-corrected chi connectivity index (χ3v) is 9.65. The van der Waals surface area contributed by atoms with Crippen molar-refractivity contribution in [1.29, 1.82) is 0 Å². The molecule has 4 saturated carbocycles. The van der Waals surface area contributed by atoms with Crippen molar-refractivity contribution in [2.75, 3.05) is 0 Å². The molecule has 0 saturated heterocycles. The molecule has 2 heterocycles. The minimum Gasteiger partial charge on any atom is -0.475 e. The summed E-state index contributed by atoms with van der Waals surface area (Å²) < 4.78 is 12.9. The first-order valence-electron chi connectivity index (χ1n) is 13.9. The van der Waals surface area contributed by atoms with Gasteiger partial charge < -0.3 is 32.4 Å². The Morgan fingerprint density at radius 1 is 0.500 bits per heavy atom. The van der Waals surface area contributed by atoms with Crippen LogP contribution < -0.4 is 22.9 Å². The molecule has 190 valence electrons. The van der Waals surface area contributed by atoms with Crippen LogP contribution in [0.3, 0.4) is 0 Å². The van der Waals surface area contributed by atoms with Gasteiger partial charge in [-0.1, -0.05) is 0 Å². The highest BCUT2D eigenvalue weighted by atomic mass is 16.5. The van der Waals surface area contributed by atoms with Gasteiger partial charge in [0.25, 0.3) is 0 Å². The van der Waals surface area contributed by atoms with Gasteiger partial charge in [-0.15, -0.1) is 0 Å². The van der Waals surface area contributed by atoms with Crippen LogP contribution in [0.2, 0.25) is 0 Å². The molecule has 8 heteroatoms. The van der Waals surface area contributed by atoms with Crippen LogP contribution in [-0.2, 0) is 9.47 Å².